The van der Waals surface area contributed by atoms with Gasteiger partial charge in [0, 0.05) is 49.6 Å². The van der Waals surface area contributed by atoms with Crippen LogP contribution in [0.5, 0.6) is 0 Å². The highest BCUT2D eigenvalue weighted by Gasteiger charge is 2.53. The largest absolute Gasteiger partial charge is 0.376 e. The molecule has 2 nitrogen and oxygen atoms in total. The highest BCUT2D eigenvalue weighted by molar-refractivity contribution is 6.94. The van der Waals surface area contributed by atoms with Crippen LogP contribution in [0.3, 0.4) is 0 Å². The molecule has 400 valence electrons. The molecule has 1 aromatic heterocycles. The van der Waals surface area contributed by atoms with E-state index >= 15 is 0 Å². The Morgan fingerprint density at radius 1 is 0.412 bits per heavy atom. The van der Waals surface area contributed by atoms with Crippen LogP contribution in [0.2, 0.25) is 0 Å². The minimum absolute atomic E-state index is 0.0112. The van der Waals surface area contributed by atoms with Crippen molar-refractivity contribution in [1.29, 1.82) is 0 Å². The molecule has 16 rings (SSSR count). The first-order valence-electron chi connectivity index (χ1n) is 30.5. The van der Waals surface area contributed by atoms with Gasteiger partial charge in [-0.05, 0) is 212 Å². The number of anilines is 2. The van der Waals surface area contributed by atoms with Crippen molar-refractivity contribution >= 4 is 51.0 Å². The van der Waals surface area contributed by atoms with Crippen LogP contribution in [0.4, 0.5) is 11.4 Å². The van der Waals surface area contributed by atoms with Crippen molar-refractivity contribution in [2.75, 3.05) is 4.81 Å². The Kier molecular flexibility index (Phi) is 9.06. The topological polar surface area (TPSA) is 8.17 Å². The summed E-state index contributed by atoms with van der Waals surface area (Å²) in [6.45, 7) is 42.0. The first-order valence-corrected chi connectivity index (χ1v) is 30.5. The zero-order valence-corrected chi connectivity index (χ0v) is 50.8. The van der Waals surface area contributed by atoms with Crippen LogP contribution in [-0.2, 0) is 43.3 Å². The Bertz CT molecular complexity index is 4360. The minimum Gasteiger partial charge on any atom is -0.376 e. The Morgan fingerprint density at radius 3 is 1.54 bits per heavy atom. The Balaban J connectivity index is 1.13. The summed E-state index contributed by atoms with van der Waals surface area (Å²) in [5.41, 5.74) is 36.5. The summed E-state index contributed by atoms with van der Waals surface area (Å²) in [6, 6.07) is 50.2. The van der Waals surface area contributed by atoms with Crippen LogP contribution >= 0.6 is 0 Å². The van der Waals surface area contributed by atoms with Crippen molar-refractivity contribution in [3.05, 3.63) is 183 Å². The zero-order chi connectivity index (χ0) is 55.9. The molecular formula is C77H79BN2. The van der Waals surface area contributed by atoms with Gasteiger partial charge in [0.2, 0.25) is 0 Å². The number of rotatable bonds is 1. The maximum Gasteiger partial charge on any atom is 0.333 e. The summed E-state index contributed by atoms with van der Waals surface area (Å²) in [5, 5.41) is 2.86. The van der Waals surface area contributed by atoms with Gasteiger partial charge in [-0.3, -0.25) is 0 Å². The maximum absolute atomic E-state index is 2.84. The third-order valence-electron chi connectivity index (χ3n) is 22.8. The number of hydrogen-bond acceptors (Lipinski definition) is 1. The molecule has 0 fully saturated rings. The molecule has 0 unspecified atom stereocenters. The van der Waals surface area contributed by atoms with Crippen LogP contribution in [0.25, 0.3) is 72.0 Å². The first kappa shape index (κ1) is 49.3. The molecule has 0 saturated carbocycles. The molecule has 0 spiro atoms. The number of aromatic nitrogens is 1. The maximum atomic E-state index is 2.84. The molecule has 0 bridgehead atoms. The fourth-order valence-electron chi connectivity index (χ4n) is 17.8. The lowest BCUT2D eigenvalue weighted by Crippen LogP contribution is -2.61. The summed E-state index contributed by atoms with van der Waals surface area (Å²) in [6.07, 6.45) is 4.75. The van der Waals surface area contributed by atoms with Crippen molar-refractivity contribution in [3.8, 4) is 50.2 Å². The van der Waals surface area contributed by atoms with E-state index in [0.29, 0.717) is 0 Å². The molecule has 7 aliphatic rings. The monoisotopic (exact) mass is 1040 g/mol. The Morgan fingerprint density at radius 2 is 0.900 bits per heavy atom. The molecule has 2 aliphatic heterocycles. The van der Waals surface area contributed by atoms with Gasteiger partial charge in [0.15, 0.2) is 0 Å². The summed E-state index contributed by atoms with van der Waals surface area (Å²) in [7, 11) is 0. The van der Waals surface area contributed by atoms with Crippen molar-refractivity contribution in [1.82, 2.24) is 4.57 Å². The predicted molar refractivity (Wildman–Crippen MR) is 342 cm³/mol. The lowest BCUT2D eigenvalue weighted by atomic mass is 9.43. The Labute approximate surface area is 477 Å². The molecule has 0 atom stereocenters. The van der Waals surface area contributed by atoms with Gasteiger partial charge in [-0.1, -0.05) is 190 Å². The van der Waals surface area contributed by atoms with E-state index in [1.54, 1.807) is 5.56 Å². The number of benzene rings is 8. The van der Waals surface area contributed by atoms with E-state index in [2.05, 4.69) is 248 Å². The van der Waals surface area contributed by atoms with Crippen molar-refractivity contribution in [2.24, 2.45) is 0 Å². The van der Waals surface area contributed by atoms with Crippen molar-refractivity contribution < 1.29 is 0 Å². The van der Waals surface area contributed by atoms with E-state index in [1.807, 2.05) is 0 Å². The highest BCUT2D eigenvalue weighted by Crippen LogP contribution is 2.63. The van der Waals surface area contributed by atoms with E-state index in [4.69, 9.17) is 0 Å². The van der Waals surface area contributed by atoms with E-state index in [0.717, 1.165) is 0 Å². The van der Waals surface area contributed by atoms with Gasteiger partial charge in [0.1, 0.15) is 0 Å². The fraction of sp³-hybridized carbons (Fsp3) is 0.377. The average Bonchev–Trinajstić information content (AvgIpc) is 2.79. The average molecular weight is 1040 g/mol. The zero-order valence-electron chi connectivity index (χ0n) is 50.8. The molecule has 5 aliphatic carbocycles. The molecule has 3 heteroatoms. The standard InChI is InChI=1S/C77H79BN2/c1-70(2,3)42-26-28-43(29-27-42)80-62-37-48-46-34-56-58(73(8,9)32-30-71(56,4)5)39-54(46)76(14,15)53(48)35-50(62)65-64-45-23-19-21-25-52(45)77(16,17)67(64)66-49-36-57-59(74(10,11)33-31-72(57,6)7)41-61(49)79-63-38-47-44-22-18-20-24-51(44)75(12,13)55(47)40-60(63)78(80)68(65)69(66)79/h18-29,34-41H,30-33H2,1-17H3. The summed E-state index contributed by atoms with van der Waals surface area (Å²) >= 11 is 0. The lowest BCUT2D eigenvalue weighted by Gasteiger charge is -2.44. The molecule has 80 heavy (non-hydrogen) atoms. The van der Waals surface area contributed by atoms with Crippen LogP contribution in [0, 0.1) is 0 Å². The van der Waals surface area contributed by atoms with Gasteiger partial charge < -0.3 is 9.38 Å². The normalized spacial score (nSPS) is 20.3. The van der Waals surface area contributed by atoms with E-state index in [-0.39, 0.29) is 50.2 Å². The van der Waals surface area contributed by atoms with E-state index in [1.165, 1.54) is 176 Å². The molecule has 8 aromatic carbocycles. The number of hydrogen-bond donors (Lipinski definition) is 0. The van der Waals surface area contributed by atoms with Gasteiger partial charge >= 0.3 is 6.85 Å². The van der Waals surface area contributed by atoms with Gasteiger partial charge in [0.05, 0.1) is 11.0 Å². The molecule has 0 N–H and O–H groups in total. The fourth-order valence-corrected chi connectivity index (χ4v) is 17.8. The van der Waals surface area contributed by atoms with Gasteiger partial charge in [-0.25, -0.2) is 0 Å². The minimum atomic E-state index is -0.271. The Hall–Kier alpha value is -6.58. The quantitative estimate of drug-likeness (QED) is 0.149. The summed E-state index contributed by atoms with van der Waals surface area (Å²) in [5.74, 6) is 0. The van der Waals surface area contributed by atoms with E-state index < -0.39 is 0 Å². The smallest absolute Gasteiger partial charge is 0.333 e. The van der Waals surface area contributed by atoms with E-state index in [9.17, 15) is 0 Å². The molecule has 9 aromatic rings. The second kappa shape index (κ2) is 14.7. The molecule has 0 radical (unpaired) electrons. The molecule has 3 heterocycles. The lowest BCUT2D eigenvalue weighted by molar-refractivity contribution is 0.331. The third kappa shape index (κ3) is 5.88. The summed E-state index contributed by atoms with van der Waals surface area (Å²) < 4.78 is 2.83. The number of fused-ring (bicyclic) bond motifs is 21. The van der Waals surface area contributed by atoms with Gasteiger partial charge in [-0.15, -0.1) is 0 Å². The first-order chi connectivity index (χ1) is 37.6. The highest BCUT2D eigenvalue weighted by atomic mass is 15.1. The SMILES string of the molecule is CC(C)(C)c1ccc(N2B3c4cc5c(cc4-n4c6cc7c(cc6c6c8c(c(c3c64)-c3cc4c(cc32)-c2cc3c(cc2C4(C)C)C(C)(C)CCC3(C)C)-c2ccccc2C8(C)C)C(C)(C)CCC7(C)C)-c2ccccc2C5(C)C)cc1. The third-order valence-corrected chi connectivity index (χ3v) is 22.8. The van der Waals surface area contributed by atoms with Gasteiger partial charge in [0.25, 0.3) is 0 Å². The predicted octanol–water partition coefficient (Wildman–Crippen LogP) is 18.9. The van der Waals surface area contributed by atoms with Crippen molar-refractivity contribution in [2.45, 2.75) is 187 Å². The van der Waals surface area contributed by atoms with Crippen LogP contribution in [0.1, 0.15) is 205 Å². The van der Waals surface area contributed by atoms with Gasteiger partial charge in [-0.2, -0.15) is 0 Å². The van der Waals surface area contributed by atoms with Crippen LogP contribution in [0.15, 0.2) is 121 Å². The van der Waals surface area contributed by atoms with Crippen LogP contribution < -0.4 is 15.7 Å². The molecule has 0 saturated heterocycles. The van der Waals surface area contributed by atoms with Crippen LogP contribution in [-0.4, -0.2) is 11.4 Å². The second-order valence-corrected chi connectivity index (χ2v) is 31.4. The van der Waals surface area contributed by atoms with Crippen molar-refractivity contribution in [3.63, 3.8) is 0 Å². The number of nitrogens with zero attached hydrogens (tertiary/aromatic N) is 2. The second-order valence-electron chi connectivity index (χ2n) is 31.4. The molecule has 0 amide bonds. The summed E-state index contributed by atoms with van der Waals surface area (Å²) in [4.78, 5) is 2.84. The molecular weight excluding hydrogens is 964 g/mol.